The van der Waals surface area contributed by atoms with Crippen molar-refractivity contribution in [3.8, 4) is 0 Å². The van der Waals surface area contributed by atoms with E-state index in [1.54, 1.807) is 0 Å². The van der Waals surface area contributed by atoms with Gasteiger partial charge in [-0.2, -0.15) is 0 Å². The minimum atomic E-state index is 0.215. The summed E-state index contributed by atoms with van der Waals surface area (Å²) in [4.78, 5) is 0. The summed E-state index contributed by atoms with van der Waals surface area (Å²) in [6.07, 6.45) is 0. The van der Waals surface area contributed by atoms with Gasteiger partial charge in [-0.15, -0.1) is 0 Å². The van der Waals surface area contributed by atoms with Gasteiger partial charge in [-0.05, 0) is 40.3 Å². The number of hydrogen-bond acceptors (Lipinski definition) is 0. The minimum Gasteiger partial charge on any atom is -0.0837 e. The molecule has 0 amide bonds. The first-order valence-electron chi connectivity index (χ1n) is 5.16. The van der Waals surface area contributed by atoms with Crippen LogP contribution in [0.15, 0.2) is 53.0 Å². The topological polar surface area (TPSA) is 0 Å². The van der Waals surface area contributed by atoms with Gasteiger partial charge in [0, 0.05) is 19.7 Å². The van der Waals surface area contributed by atoms with Crippen LogP contribution in [-0.4, -0.2) is 0 Å². The molecule has 0 unspecified atom stereocenters. The molecule has 0 atom stereocenters. The van der Waals surface area contributed by atoms with Crippen LogP contribution in [0.4, 0.5) is 0 Å². The van der Waals surface area contributed by atoms with Crippen LogP contribution in [0.3, 0.4) is 0 Å². The maximum Gasteiger partial charge on any atom is 0.115 e. The van der Waals surface area contributed by atoms with Crippen LogP contribution in [0.25, 0.3) is 5.57 Å². The third-order valence-electron chi connectivity index (χ3n) is 2.48. The molecule has 0 heterocycles. The van der Waals surface area contributed by atoms with Gasteiger partial charge in [-0.25, -0.2) is 0 Å². The quantitative estimate of drug-likeness (QED) is 0.523. The molecule has 2 aromatic carbocycles. The Bertz CT molecular complexity index is 554. The SMILES string of the molecule is ClC(Cl)=C(c1ccccc1Cl)c1ccccc1I. The fourth-order valence-electron chi connectivity index (χ4n) is 1.68. The summed E-state index contributed by atoms with van der Waals surface area (Å²) in [7, 11) is 0. The van der Waals surface area contributed by atoms with Gasteiger partial charge in [0.15, 0.2) is 0 Å². The summed E-state index contributed by atoms with van der Waals surface area (Å²) in [5.74, 6) is 0. The van der Waals surface area contributed by atoms with Crippen molar-refractivity contribution in [3.05, 3.63) is 72.7 Å². The Hall–Kier alpha value is -0.220. The average Bonchev–Trinajstić information content (AvgIpc) is 2.34. The highest BCUT2D eigenvalue weighted by Gasteiger charge is 2.14. The summed E-state index contributed by atoms with van der Waals surface area (Å²) in [5, 5.41) is 0.631. The summed E-state index contributed by atoms with van der Waals surface area (Å²) in [6, 6.07) is 15.4. The molecule has 0 saturated carbocycles. The average molecular weight is 409 g/mol. The molecule has 2 rings (SSSR count). The van der Waals surface area contributed by atoms with E-state index in [-0.39, 0.29) is 4.49 Å². The van der Waals surface area contributed by atoms with E-state index in [9.17, 15) is 0 Å². The molecule has 0 nitrogen and oxygen atoms in total. The highest BCUT2D eigenvalue weighted by molar-refractivity contribution is 14.1. The second kappa shape index (κ2) is 6.29. The molecule has 92 valence electrons. The first-order chi connectivity index (χ1) is 8.61. The monoisotopic (exact) mass is 408 g/mol. The Labute approximate surface area is 135 Å². The molecule has 0 aliphatic rings. The molecular formula is C14H8Cl3I. The lowest BCUT2D eigenvalue weighted by Gasteiger charge is -2.12. The van der Waals surface area contributed by atoms with Gasteiger partial charge < -0.3 is 0 Å². The molecule has 0 N–H and O–H groups in total. The lowest BCUT2D eigenvalue weighted by atomic mass is 9.99. The van der Waals surface area contributed by atoms with Gasteiger partial charge in [0.05, 0.1) is 0 Å². The zero-order chi connectivity index (χ0) is 13.1. The van der Waals surface area contributed by atoms with Gasteiger partial charge in [0.2, 0.25) is 0 Å². The second-order valence-corrected chi connectivity index (χ2v) is 6.11. The molecule has 18 heavy (non-hydrogen) atoms. The lowest BCUT2D eigenvalue weighted by Crippen LogP contribution is -1.93. The maximum atomic E-state index is 6.21. The Kier molecular flexibility index (Phi) is 4.96. The minimum absolute atomic E-state index is 0.215. The first-order valence-corrected chi connectivity index (χ1v) is 7.37. The third kappa shape index (κ3) is 3.02. The Morgan fingerprint density at radius 3 is 1.94 bits per heavy atom. The van der Waals surface area contributed by atoms with Crippen molar-refractivity contribution in [1.29, 1.82) is 0 Å². The van der Waals surface area contributed by atoms with Crippen molar-refractivity contribution < 1.29 is 0 Å². The van der Waals surface area contributed by atoms with E-state index in [1.165, 1.54) is 0 Å². The summed E-state index contributed by atoms with van der Waals surface area (Å²) in [5.41, 5.74) is 2.57. The van der Waals surface area contributed by atoms with Gasteiger partial charge in [-0.3, -0.25) is 0 Å². The second-order valence-electron chi connectivity index (χ2n) is 3.60. The molecule has 0 fully saturated rings. The number of benzene rings is 2. The Morgan fingerprint density at radius 1 is 0.833 bits per heavy atom. The van der Waals surface area contributed by atoms with Gasteiger partial charge in [0.25, 0.3) is 0 Å². The van der Waals surface area contributed by atoms with Crippen LogP contribution in [0.1, 0.15) is 11.1 Å². The van der Waals surface area contributed by atoms with Crippen molar-refractivity contribution in [1.82, 2.24) is 0 Å². The first kappa shape index (κ1) is 14.2. The van der Waals surface area contributed by atoms with E-state index >= 15 is 0 Å². The molecule has 0 saturated heterocycles. The number of hydrogen-bond donors (Lipinski definition) is 0. The molecule has 4 heteroatoms. The van der Waals surface area contributed by atoms with E-state index in [0.29, 0.717) is 5.02 Å². The van der Waals surface area contributed by atoms with Gasteiger partial charge in [0.1, 0.15) is 4.49 Å². The van der Waals surface area contributed by atoms with Crippen LogP contribution in [0.5, 0.6) is 0 Å². The molecule has 0 aliphatic heterocycles. The normalized spacial score (nSPS) is 10.2. The third-order valence-corrected chi connectivity index (χ3v) is 4.12. The standard InChI is InChI=1S/C14H8Cl3I/c15-11-7-3-1-5-9(11)13(14(16)17)10-6-2-4-8-12(10)18/h1-8H. The largest absolute Gasteiger partial charge is 0.115 e. The number of halogens is 4. The molecular weight excluding hydrogens is 401 g/mol. The highest BCUT2D eigenvalue weighted by atomic mass is 127. The van der Waals surface area contributed by atoms with E-state index < -0.39 is 0 Å². The molecule has 0 aliphatic carbocycles. The van der Waals surface area contributed by atoms with E-state index in [2.05, 4.69) is 22.6 Å². The molecule has 0 radical (unpaired) electrons. The van der Waals surface area contributed by atoms with Crippen molar-refractivity contribution in [2.75, 3.05) is 0 Å². The van der Waals surface area contributed by atoms with Crippen molar-refractivity contribution in [2.45, 2.75) is 0 Å². The van der Waals surface area contributed by atoms with Crippen molar-refractivity contribution in [2.24, 2.45) is 0 Å². The summed E-state index contributed by atoms with van der Waals surface area (Å²) >= 11 is 20.5. The van der Waals surface area contributed by atoms with E-state index in [1.807, 2.05) is 48.5 Å². The molecule has 2 aromatic rings. The molecule has 0 bridgehead atoms. The van der Waals surface area contributed by atoms with Crippen LogP contribution in [0, 0.1) is 3.57 Å². The fourth-order valence-corrected chi connectivity index (χ4v) is 2.97. The fraction of sp³-hybridized carbons (Fsp3) is 0. The predicted octanol–water partition coefficient (Wildman–Crippen LogP) is 6.14. The molecule has 0 aromatic heterocycles. The van der Waals surface area contributed by atoms with E-state index in [4.69, 9.17) is 34.8 Å². The van der Waals surface area contributed by atoms with Crippen LogP contribution in [0.2, 0.25) is 5.02 Å². The predicted molar refractivity (Wildman–Crippen MR) is 88.3 cm³/mol. The Morgan fingerprint density at radius 2 is 1.39 bits per heavy atom. The zero-order valence-corrected chi connectivity index (χ0v) is 13.6. The maximum absolute atomic E-state index is 6.21. The van der Waals surface area contributed by atoms with Crippen LogP contribution >= 0.6 is 57.4 Å². The van der Waals surface area contributed by atoms with Gasteiger partial charge >= 0.3 is 0 Å². The van der Waals surface area contributed by atoms with E-state index in [0.717, 1.165) is 20.3 Å². The number of rotatable bonds is 2. The van der Waals surface area contributed by atoms with Gasteiger partial charge in [-0.1, -0.05) is 71.2 Å². The summed E-state index contributed by atoms with van der Waals surface area (Å²) in [6.45, 7) is 0. The highest BCUT2D eigenvalue weighted by Crippen LogP contribution is 2.36. The summed E-state index contributed by atoms with van der Waals surface area (Å²) < 4.78 is 1.29. The van der Waals surface area contributed by atoms with Crippen molar-refractivity contribution >= 4 is 63.0 Å². The smallest absolute Gasteiger partial charge is 0.0837 e. The lowest BCUT2D eigenvalue weighted by molar-refractivity contribution is 1.51. The zero-order valence-electron chi connectivity index (χ0n) is 9.13. The van der Waals surface area contributed by atoms with Crippen LogP contribution < -0.4 is 0 Å². The Balaban J connectivity index is 2.68. The van der Waals surface area contributed by atoms with Crippen molar-refractivity contribution in [3.63, 3.8) is 0 Å². The molecule has 0 spiro atoms. The van der Waals surface area contributed by atoms with Crippen LogP contribution in [-0.2, 0) is 0 Å².